The van der Waals surface area contributed by atoms with E-state index >= 15 is 0 Å². The van der Waals surface area contributed by atoms with Crippen molar-refractivity contribution in [3.05, 3.63) is 59.9 Å². The van der Waals surface area contributed by atoms with Gasteiger partial charge in [-0.2, -0.15) is 0 Å². The van der Waals surface area contributed by atoms with Crippen molar-refractivity contribution in [2.75, 3.05) is 11.5 Å². The van der Waals surface area contributed by atoms with Crippen molar-refractivity contribution in [3.8, 4) is 5.75 Å². The number of anilines is 1. The highest BCUT2D eigenvalue weighted by molar-refractivity contribution is 6.22. The number of nitrogens with zero attached hydrogens (tertiary/aromatic N) is 1. The van der Waals surface area contributed by atoms with Crippen LogP contribution in [-0.2, 0) is 16.1 Å². The molecule has 1 aliphatic heterocycles. The molecule has 2 aromatic rings. The van der Waals surface area contributed by atoms with Crippen molar-refractivity contribution in [3.63, 3.8) is 0 Å². The minimum atomic E-state index is -0.654. The number of carbonyl (C=O) groups is 2. The number of nitrogens with one attached hydrogen (secondary N) is 1. The van der Waals surface area contributed by atoms with Crippen molar-refractivity contribution in [1.29, 1.82) is 0 Å². The number of carbonyl (C=O) groups excluding carboxylic acids is 2. The molecule has 6 heteroatoms. The molecule has 0 unspecified atom stereocenters. The molecule has 3 rings (SSSR count). The van der Waals surface area contributed by atoms with Crippen LogP contribution in [0.3, 0.4) is 0 Å². The molecule has 0 saturated carbocycles. The molecule has 0 aliphatic carbocycles. The number of imide groups is 1. The standard InChI is InChI=1S/C19H19FN2O3/c1-2-25-15-9-7-14(8-10-15)22-18(23)11-17(19(22)24)21-12-13-5-3-4-6-16(13)20/h3-10,17,21H,2,11-12H2,1H3/t17-/m0/s1. The second-order valence-corrected chi connectivity index (χ2v) is 5.72. The van der Waals surface area contributed by atoms with E-state index in [1.165, 1.54) is 6.07 Å². The highest BCUT2D eigenvalue weighted by Crippen LogP contribution is 2.25. The summed E-state index contributed by atoms with van der Waals surface area (Å²) in [6, 6.07) is 12.5. The first-order valence-electron chi connectivity index (χ1n) is 8.16. The first kappa shape index (κ1) is 17.1. The summed E-state index contributed by atoms with van der Waals surface area (Å²) in [7, 11) is 0. The van der Waals surface area contributed by atoms with Gasteiger partial charge in [0.2, 0.25) is 5.91 Å². The molecule has 5 nitrogen and oxygen atoms in total. The highest BCUT2D eigenvalue weighted by atomic mass is 19.1. The first-order chi connectivity index (χ1) is 12.1. The van der Waals surface area contributed by atoms with Gasteiger partial charge in [-0.25, -0.2) is 9.29 Å². The number of halogens is 1. The molecular weight excluding hydrogens is 323 g/mol. The van der Waals surface area contributed by atoms with Gasteiger partial charge in [-0.1, -0.05) is 18.2 Å². The number of hydrogen-bond acceptors (Lipinski definition) is 4. The molecule has 1 atom stereocenters. The lowest BCUT2D eigenvalue weighted by atomic mass is 10.2. The lowest BCUT2D eigenvalue weighted by Gasteiger charge is -2.16. The maximum absolute atomic E-state index is 13.7. The van der Waals surface area contributed by atoms with Gasteiger partial charge in [0.15, 0.2) is 0 Å². The SMILES string of the molecule is CCOc1ccc(N2C(=O)C[C@H](NCc3ccccc3F)C2=O)cc1. The predicted molar refractivity (Wildman–Crippen MR) is 91.7 cm³/mol. The lowest BCUT2D eigenvalue weighted by molar-refractivity contribution is -0.121. The number of hydrogen-bond donors (Lipinski definition) is 1. The summed E-state index contributed by atoms with van der Waals surface area (Å²) in [6.07, 6.45) is 0.0560. The highest BCUT2D eigenvalue weighted by Gasteiger charge is 2.39. The van der Waals surface area contributed by atoms with Gasteiger partial charge in [0.1, 0.15) is 11.6 Å². The van der Waals surface area contributed by atoms with Crippen molar-refractivity contribution in [2.24, 2.45) is 0 Å². The lowest BCUT2D eigenvalue weighted by Crippen LogP contribution is -2.38. The van der Waals surface area contributed by atoms with Crippen LogP contribution in [0.4, 0.5) is 10.1 Å². The average molecular weight is 342 g/mol. The normalized spacial score (nSPS) is 17.2. The Labute approximate surface area is 145 Å². The van der Waals surface area contributed by atoms with Crippen LogP contribution in [0, 0.1) is 5.82 Å². The molecule has 2 aromatic carbocycles. The van der Waals surface area contributed by atoms with Gasteiger partial charge >= 0.3 is 0 Å². The van der Waals surface area contributed by atoms with Gasteiger partial charge in [-0.3, -0.25) is 9.59 Å². The summed E-state index contributed by atoms with van der Waals surface area (Å²) >= 11 is 0. The molecule has 1 saturated heterocycles. The number of amides is 2. The monoisotopic (exact) mass is 342 g/mol. The summed E-state index contributed by atoms with van der Waals surface area (Å²) in [5, 5.41) is 2.97. The molecule has 2 amide bonds. The zero-order valence-corrected chi connectivity index (χ0v) is 13.9. The summed E-state index contributed by atoms with van der Waals surface area (Å²) in [4.78, 5) is 26.0. The molecule has 1 heterocycles. The summed E-state index contributed by atoms with van der Waals surface area (Å²) in [5.41, 5.74) is 0.968. The fraction of sp³-hybridized carbons (Fsp3) is 0.263. The maximum atomic E-state index is 13.7. The molecule has 1 fully saturated rings. The predicted octanol–water partition coefficient (Wildman–Crippen LogP) is 2.65. The fourth-order valence-corrected chi connectivity index (χ4v) is 2.80. The van der Waals surface area contributed by atoms with Crippen LogP contribution < -0.4 is 15.0 Å². The zero-order chi connectivity index (χ0) is 17.8. The van der Waals surface area contributed by atoms with E-state index in [0.29, 0.717) is 23.6 Å². The molecule has 0 spiro atoms. The van der Waals surface area contributed by atoms with Crippen molar-refractivity contribution in [1.82, 2.24) is 5.32 Å². The van der Waals surface area contributed by atoms with Crippen LogP contribution in [-0.4, -0.2) is 24.5 Å². The number of benzene rings is 2. The Kier molecular flexibility index (Phi) is 5.09. The minimum absolute atomic E-state index is 0.0560. The zero-order valence-electron chi connectivity index (χ0n) is 13.9. The third-order valence-electron chi connectivity index (χ3n) is 4.05. The third-order valence-corrected chi connectivity index (χ3v) is 4.05. The van der Waals surface area contributed by atoms with E-state index in [1.807, 2.05) is 6.92 Å². The Morgan fingerprint density at radius 2 is 1.88 bits per heavy atom. The van der Waals surface area contributed by atoms with Crippen molar-refractivity contribution >= 4 is 17.5 Å². The van der Waals surface area contributed by atoms with Gasteiger partial charge in [0.25, 0.3) is 5.91 Å². The first-order valence-corrected chi connectivity index (χ1v) is 8.16. The largest absolute Gasteiger partial charge is 0.494 e. The van der Waals surface area contributed by atoms with Crippen LogP contribution in [0.15, 0.2) is 48.5 Å². The van der Waals surface area contributed by atoms with Crippen LogP contribution in [0.2, 0.25) is 0 Å². The van der Waals surface area contributed by atoms with E-state index in [9.17, 15) is 14.0 Å². The van der Waals surface area contributed by atoms with Gasteiger partial charge in [0, 0.05) is 12.1 Å². The fourth-order valence-electron chi connectivity index (χ4n) is 2.80. The second-order valence-electron chi connectivity index (χ2n) is 5.72. The summed E-state index contributed by atoms with van der Waals surface area (Å²) < 4.78 is 19.0. The third kappa shape index (κ3) is 3.69. The summed E-state index contributed by atoms with van der Waals surface area (Å²) in [6.45, 7) is 2.61. The molecule has 25 heavy (non-hydrogen) atoms. The Morgan fingerprint density at radius 1 is 1.16 bits per heavy atom. The van der Waals surface area contributed by atoms with E-state index in [4.69, 9.17) is 4.74 Å². The molecule has 130 valence electrons. The second kappa shape index (κ2) is 7.44. The minimum Gasteiger partial charge on any atom is -0.494 e. The molecule has 0 aromatic heterocycles. The number of rotatable bonds is 6. The van der Waals surface area contributed by atoms with Crippen molar-refractivity contribution < 1.29 is 18.7 Å². The van der Waals surface area contributed by atoms with E-state index in [1.54, 1.807) is 42.5 Å². The smallest absolute Gasteiger partial charge is 0.251 e. The Balaban J connectivity index is 1.68. The van der Waals surface area contributed by atoms with E-state index in [0.717, 1.165) is 4.90 Å². The molecule has 0 bridgehead atoms. The van der Waals surface area contributed by atoms with Crippen molar-refractivity contribution in [2.45, 2.75) is 25.9 Å². The molecule has 0 radical (unpaired) electrons. The van der Waals surface area contributed by atoms with E-state index in [-0.39, 0.29) is 30.6 Å². The average Bonchev–Trinajstić information content (AvgIpc) is 2.89. The molecule has 1 N–H and O–H groups in total. The van der Waals surface area contributed by atoms with Crippen LogP contribution in [0.5, 0.6) is 5.75 Å². The van der Waals surface area contributed by atoms with Gasteiger partial charge < -0.3 is 10.1 Å². The quantitative estimate of drug-likeness (QED) is 0.820. The van der Waals surface area contributed by atoms with E-state index in [2.05, 4.69) is 5.32 Å². The van der Waals surface area contributed by atoms with Gasteiger partial charge in [-0.15, -0.1) is 0 Å². The van der Waals surface area contributed by atoms with Gasteiger partial charge in [0.05, 0.1) is 24.8 Å². The van der Waals surface area contributed by atoms with Crippen LogP contribution >= 0.6 is 0 Å². The van der Waals surface area contributed by atoms with Gasteiger partial charge in [-0.05, 0) is 37.3 Å². The maximum Gasteiger partial charge on any atom is 0.251 e. The molecular formula is C19H19FN2O3. The van der Waals surface area contributed by atoms with Crippen LogP contribution in [0.1, 0.15) is 18.9 Å². The Bertz CT molecular complexity index is 776. The topological polar surface area (TPSA) is 58.6 Å². The van der Waals surface area contributed by atoms with Crippen LogP contribution in [0.25, 0.3) is 0 Å². The number of ether oxygens (including phenoxy) is 1. The van der Waals surface area contributed by atoms with E-state index < -0.39 is 6.04 Å². The molecule has 1 aliphatic rings. The Hall–Kier alpha value is -2.73. The summed E-state index contributed by atoms with van der Waals surface area (Å²) in [5.74, 6) is -0.264. The Morgan fingerprint density at radius 3 is 2.56 bits per heavy atom.